The van der Waals surface area contributed by atoms with E-state index >= 15 is 0 Å². The molecule has 1 fully saturated rings. The third-order valence-electron chi connectivity index (χ3n) is 4.49. The van der Waals surface area contributed by atoms with Crippen molar-refractivity contribution in [2.75, 3.05) is 13.1 Å². The van der Waals surface area contributed by atoms with E-state index in [2.05, 4.69) is 19.1 Å². The van der Waals surface area contributed by atoms with Gasteiger partial charge in [-0.05, 0) is 42.2 Å². The highest BCUT2D eigenvalue weighted by Gasteiger charge is 2.23. The van der Waals surface area contributed by atoms with Gasteiger partial charge >= 0.3 is 0 Å². The average molecular weight is 361 g/mol. The summed E-state index contributed by atoms with van der Waals surface area (Å²) in [5, 5.41) is 0. The normalized spacial score (nSPS) is 16.4. The van der Waals surface area contributed by atoms with Crippen molar-refractivity contribution in [2.45, 2.75) is 32.4 Å². The molecule has 1 amide bonds. The molecule has 134 valence electrons. The number of carbonyl (C=O) groups is 1. The number of likely N-dealkylation sites (tertiary alicyclic amines) is 1. The molecular weight excluding hydrogens is 336 g/mol. The second-order valence-electron chi connectivity index (χ2n) is 6.43. The second-order valence-corrected chi connectivity index (χ2v) is 6.43. The first-order valence-electron chi connectivity index (χ1n) is 8.41. The van der Waals surface area contributed by atoms with Crippen LogP contribution in [0.3, 0.4) is 0 Å². The van der Waals surface area contributed by atoms with Crippen LogP contribution in [0, 0.1) is 6.92 Å². The van der Waals surface area contributed by atoms with Crippen molar-refractivity contribution >= 4 is 18.3 Å². The Morgan fingerprint density at radius 3 is 2.76 bits per heavy atom. The van der Waals surface area contributed by atoms with Crippen molar-refractivity contribution in [2.24, 2.45) is 5.73 Å². The number of hydrogen-bond donors (Lipinski definition) is 1. The molecule has 2 aromatic rings. The van der Waals surface area contributed by atoms with E-state index in [-0.39, 0.29) is 24.4 Å². The highest BCUT2D eigenvalue weighted by atomic mass is 35.5. The largest absolute Gasteiger partial charge is 0.489 e. The molecular formula is C20H25ClN2O2. The van der Waals surface area contributed by atoms with Crippen molar-refractivity contribution in [3.63, 3.8) is 0 Å². The Morgan fingerprint density at radius 2 is 2.04 bits per heavy atom. The summed E-state index contributed by atoms with van der Waals surface area (Å²) in [6, 6.07) is 16.1. The molecule has 0 spiro atoms. The fourth-order valence-corrected chi connectivity index (χ4v) is 2.98. The monoisotopic (exact) mass is 360 g/mol. The SMILES string of the molecule is Cc1ccccc1COc1cccc(CC(=O)N2CC[C@@H](N)C2)c1.Cl. The van der Waals surface area contributed by atoms with Crippen LogP contribution in [-0.2, 0) is 17.8 Å². The van der Waals surface area contributed by atoms with Crippen molar-refractivity contribution < 1.29 is 9.53 Å². The van der Waals surface area contributed by atoms with Crippen LogP contribution in [0.2, 0.25) is 0 Å². The maximum Gasteiger partial charge on any atom is 0.227 e. The number of ether oxygens (including phenoxy) is 1. The fourth-order valence-electron chi connectivity index (χ4n) is 2.98. The molecule has 5 heteroatoms. The Morgan fingerprint density at radius 1 is 1.24 bits per heavy atom. The van der Waals surface area contributed by atoms with Crippen molar-refractivity contribution in [3.05, 3.63) is 65.2 Å². The van der Waals surface area contributed by atoms with Crippen LogP contribution in [0.5, 0.6) is 5.75 Å². The minimum Gasteiger partial charge on any atom is -0.489 e. The highest BCUT2D eigenvalue weighted by molar-refractivity contribution is 5.85. The summed E-state index contributed by atoms with van der Waals surface area (Å²) in [7, 11) is 0. The van der Waals surface area contributed by atoms with Gasteiger partial charge in [0.2, 0.25) is 5.91 Å². The predicted octanol–water partition coefficient (Wildman–Crippen LogP) is 3.10. The van der Waals surface area contributed by atoms with Crippen LogP contribution in [0.4, 0.5) is 0 Å². The molecule has 4 nitrogen and oxygen atoms in total. The van der Waals surface area contributed by atoms with Gasteiger partial charge in [0, 0.05) is 19.1 Å². The van der Waals surface area contributed by atoms with Crippen molar-refractivity contribution in [1.82, 2.24) is 4.90 Å². The minimum absolute atomic E-state index is 0. The molecule has 0 bridgehead atoms. The number of rotatable bonds is 5. The number of carbonyl (C=O) groups excluding carboxylic acids is 1. The van der Waals surface area contributed by atoms with Gasteiger partial charge in [0.25, 0.3) is 0 Å². The number of nitrogens with two attached hydrogens (primary N) is 1. The number of hydrogen-bond acceptors (Lipinski definition) is 3. The summed E-state index contributed by atoms with van der Waals surface area (Å²) in [6.07, 6.45) is 1.29. The standard InChI is InChI=1S/C20H24N2O2.ClH/c1-15-5-2-3-7-17(15)14-24-19-8-4-6-16(11-19)12-20(23)22-10-9-18(21)13-22;/h2-8,11,18H,9-10,12-14,21H2,1H3;1H/t18-;/m1./s1. The molecule has 25 heavy (non-hydrogen) atoms. The number of aryl methyl sites for hydroxylation is 1. The number of amides is 1. The molecule has 0 unspecified atom stereocenters. The number of halogens is 1. The van der Waals surface area contributed by atoms with E-state index in [1.807, 2.05) is 41.3 Å². The average Bonchev–Trinajstić information content (AvgIpc) is 3.01. The van der Waals surface area contributed by atoms with Gasteiger partial charge in [0.1, 0.15) is 12.4 Å². The van der Waals surface area contributed by atoms with Crippen LogP contribution in [0.1, 0.15) is 23.1 Å². The van der Waals surface area contributed by atoms with E-state index in [0.29, 0.717) is 19.6 Å². The zero-order valence-corrected chi connectivity index (χ0v) is 15.3. The molecule has 0 radical (unpaired) electrons. The lowest BCUT2D eigenvalue weighted by molar-refractivity contribution is -0.129. The summed E-state index contributed by atoms with van der Waals surface area (Å²) < 4.78 is 5.89. The van der Waals surface area contributed by atoms with Crippen LogP contribution in [-0.4, -0.2) is 29.9 Å². The summed E-state index contributed by atoms with van der Waals surface area (Å²) in [5.41, 5.74) is 9.24. The van der Waals surface area contributed by atoms with Crippen molar-refractivity contribution in [3.8, 4) is 5.75 Å². The topological polar surface area (TPSA) is 55.6 Å². The molecule has 3 rings (SSSR count). The Balaban J connectivity index is 0.00000225. The first-order valence-corrected chi connectivity index (χ1v) is 8.41. The van der Waals surface area contributed by atoms with Gasteiger partial charge in [-0.15, -0.1) is 12.4 Å². The van der Waals surface area contributed by atoms with E-state index in [1.54, 1.807) is 0 Å². The van der Waals surface area contributed by atoms with E-state index in [0.717, 1.165) is 24.3 Å². The van der Waals surface area contributed by atoms with Crippen LogP contribution in [0.15, 0.2) is 48.5 Å². The van der Waals surface area contributed by atoms with Crippen molar-refractivity contribution in [1.29, 1.82) is 0 Å². The first-order chi connectivity index (χ1) is 11.6. The van der Waals surface area contributed by atoms with E-state index in [9.17, 15) is 4.79 Å². The number of benzene rings is 2. The second kappa shape index (κ2) is 8.88. The molecule has 1 saturated heterocycles. The maximum absolute atomic E-state index is 12.3. The zero-order chi connectivity index (χ0) is 16.9. The van der Waals surface area contributed by atoms with Gasteiger partial charge in [0.05, 0.1) is 6.42 Å². The summed E-state index contributed by atoms with van der Waals surface area (Å²) in [6.45, 7) is 4.05. The molecule has 1 heterocycles. The summed E-state index contributed by atoms with van der Waals surface area (Å²) >= 11 is 0. The molecule has 2 N–H and O–H groups in total. The molecule has 1 aliphatic heterocycles. The van der Waals surface area contributed by atoms with Crippen LogP contribution >= 0.6 is 12.4 Å². The van der Waals surface area contributed by atoms with Gasteiger partial charge in [-0.25, -0.2) is 0 Å². The Hall–Kier alpha value is -2.04. The lowest BCUT2D eigenvalue weighted by Gasteiger charge is -2.16. The lowest BCUT2D eigenvalue weighted by Crippen LogP contribution is -2.32. The quantitative estimate of drug-likeness (QED) is 0.891. The van der Waals surface area contributed by atoms with Gasteiger partial charge in [0.15, 0.2) is 0 Å². The lowest BCUT2D eigenvalue weighted by atomic mass is 10.1. The molecule has 0 aliphatic carbocycles. The van der Waals surface area contributed by atoms with E-state index in [4.69, 9.17) is 10.5 Å². The Kier molecular flexibility index (Phi) is 6.85. The first kappa shape index (κ1) is 19.3. The predicted molar refractivity (Wildman–Crippen MR) is 102 cm³/mol. The third kappa shape index (κ3) is 5.21. The molecule has 1 aliphatic rings. The van der Waals surface area contributed by atoms with Gasteiger partial charge in [-0.1, -0.05) is 36.4 Å². The smallest absolute Gasteiger partial charge is 0.227 e. The summed E-state index contributed by atoms with van der Waals surface area (Å²) in [5.74, 6) is 0.931. The number of nitrogens with zero attached hydrogens (tertiary/aromatic N) is 1. The molecule has 0 aromatic heterocycles. The van der Waals surface area contributed by atoms with Gasteiger partial charge in [-0.2, -0.15) is 0 Å². The van der Waals surface area contributed by atoms with Crippen LogP contribution in [0.25, 0.3) is 0 Å². The Bertz CT molecular complexity index is 720. The molecule has 1 atom stereocenters. The summed E-state index contributed by atoms with van der Waals surface area (Å²) in [4.78, 5) is 14.2. The molecule has 0 saturated carbocycles. The minimum atomic E-state index is 0. The van der Waals surface area contributed by atoms with Crippen LogP contribution < -0.4 is 10.5 Å². The maximum atomic E-state index is 12.3. The third-order valence-corrected chi connectivity index (χ3v) is 4.49. The van der Waals surface area contributed by atoms with Gasteiger partial charge < -0.3 is 15.4 Å². The van der Waals surface area contributed by atoms with E-state index < -0.39 is 0 Å². The fraction of sp³-hybridized carbons (Fsp3) is 0.350. The highest BCUT2D eigenvalue weighted by Crippen LogP contribution is 2.18. The van der Waals surface area contributed by atoms with E-state index in [1.165, 1.54) is 11.1 Å². The zero-order valence-electron chi connectivity index (χ0n) is 14.5. The Labute approximate surface area is 155 Å². The molecule has 2 aromatic carbocycles. The van der Waals surface area contributed by atoms with Gasteiger partial charge in [-0.3, -0.25) is 4.79 Å².